The van der Waals surface area contributed by atoms with Crippen molar-refractivity contribution in [1.82, 2.24) is 9.88 Å². The molecule has 19 heavy (non-hydrogen) atoms. The van der Waals surface area contributed by atoms with E-state index in [0.717, 1.165) is 37.6 Å². The smallest absolute Gasteiger partial charge is 0.123 e. The van der Waals surface area contributed by atoms with Crippen molar-refractivity contribution < 1.29 is 0 Å². The fraction of sp³-hybridized carbons (Fsp3) is 0.400. The van der Waals surface area contributed by atoms with Crippen LogP contribution in [-0.2, 0) is 13.0 Å². The molecule has 100 valence electrons. The molecule has 1 aliphatic rings. The van der Waals surface area contributed by atoms with Crippen LogP contribution in [0.2, 0.25) is 0 Å². The van der Waals surface area contributed by atoms with Gasteiger partial charge in [0.25, 0.3) is 0 Å². The quantitative estimate of drug-likeness (QED) is 0.934. The van der Waals surface area contributed by atoms with E-state index in [0.29, 0.717) is 0 Å². The highest BCUT2D eigenvalue weighted by Gasteiger charge is 2.20. The lowest BCUT2D eigenvalue weighted by Gasteiger charge is -2.24. The number of thiazole rings is 1. The van der Waals surface area contributed by atoms with E-state index in [9.17, 15) is 0 Å². The molecule has 0 saturated carbocycles. The molecule has 0 fully saturated rings. The molecule has 1 aromatic heterocycles. The summed E-state index contributed by atoms with van der Waals surface area (Å²) in [7, 11) is 0. The van der Waals surface area contributed by atoms with E-state index in [-0.39, 0.29) is 0 Å². The van der Waals surface area contributed by atoms with E-state index < -0.39 is 0 Å². The molecule has 3 rings (SSSR count). The molecule has 2 aromatic rings. The maximum atomic E-state index is 5.64. The molecule has 0 amide bonds. The van der Waals surface area contributed by atoms with E-state index in [1.165, 1.54) is 21.7 Å². The summed E-state index contributed by atoms with van der Waals surface area (Å²) in [5, 5.41) is 1.15. The Morgan fingerprint density at radius 3 is 2.84 bits per heavy atom. The van der Waals surface area contributed by atoms with Crippen molar-refractivity contribution in [3.05, 3.63) is 40.4 Å². The maximum absolute atomic E-state index is 5.64. The number of hydrogen-bond donors (Lipinski definition) is 1. The normalized spacial score (nSPS) is 15.5. The summed E-state index contributed by atoms with van der Waals surface area (Å²) in [5.74, 6) is 0. The minimum atomic E-state index is 0.735. The summed E-state index contributed by atoms with van der Waals surface area (Å²) in [5.41, 5.74) is 9.44. The maximum Gasteiger partial charge on any atom is 0.123 e. The van der Waals surface area contributed by atoms with E-state index in [1.807, 2.05) is 11.3 Å². The Balaban J connectivity index is 1.85. The van der Waals surface area contributed by atoms with Crippen LogP contribution in [0.25, 0.3) is 10.6 Å². The fourth-order valence-electron chi connectivity index (χ4n) is 2.44. The summed E-state index contributed by atoms with van der Waals surface area (Å²) >= 11 is 1.83. The van der Waals surface area contributed by atoms with Gasteiger partial charge in [-0.15, -0.1) is 11.3 Å². The van der Waals surface area contributed by atoms with Crippen molar-refractivity contribution in [3.63, 3.8) is 0 Å². The lowest BCUT2D eigenvalue weighted by atomic mass is 10.1. The average molecular weight is 273 g/mol. The molecule has 0 spiro atoms. The first-order valence-corrected chi connectivity index (χ1v) is 7.56. The lowest BCUT2D eigenvalue weighted by Crippen LogP contribution is -2.33. The first kappa shape index (κ1) is 12.8. The second-order valence-electron chi connectivity index (χ2n) is 5.07. The zero-order chi connectivity index (χ0) is 13.2. The van der Waals surface area contributed by atoms with Gasteiger partial charge in [0, 0.05) is 43.0 Å². The minimum Gasteiger partial charge on any atom is -0.329 e. The number of aryl methyl sites for hydroxylation is 1. The summed E-state index contributed by atoms with van der Waals surface area (Å²) in [6, 6.07) is 8.63. The molecule has 0 saturated heterocycles. The molecule has 1 aliphatic heterocycles. The van der Waals surface area contributed by atoms with Crippen molar-refractivity contribution in [2.75, 3.05) is 19.6 Å². The summed E-state index contributed by atoms with van der Waals surface area (Å²) in [6.45, 7) is 5.93. The van der Waals surface area contributed by atoms with Crippen molar-refractivity contribution in [1.29, 1.82) is 0 Å². The molecule has 2 heterocycles. The molecule has 0 unspecified atom stereocenters. The monoisotopic (exact) mass is 273 g/mol. The molecule has 0 radical (unpaired) electrons. The van der Waals surface area contributed by atoms with Crippen molar-refractivity contribution in [2.45, 2.75) is 19.9 Å². The van der Waals surface area contributed by atoms with Gasteiger partial charge in [-0.3, -0.25) is 4.90 Å². The second kappa shape index (κ2) is 5.41. The van der Waals surface area contributed by atoms with Crippen LogP contribution in [0.15, 0.2) is 24.3 Å². The molecule has 0 atom stereocenters. The van der Waals surface area contributed by atoms with Gasteiger partial charge in [0.15, 0.2) is 0 Å². The Bertz CT molecular complexity index is 559. The van der Waals surface area contributed by atoms with E-state index >= 15 is 0 Å². The molecule has 0 bridgehead atoms. The van der Waals surface area contributed by atoms with Gasteiger partial charge in [-0.25, -0.2) is 4.98 Å². The number of rotatable bonds is 3. The number of nitrogens with zero attached hydrogens (tertiary/aromatic N) is 2. The molecule has 3 nitrogen and oxygen atoms in total. The molecule has 1 aromatic carbocycles. The molecule has 2 N–H and O–H groups in total. The highest BCUT2D eigenvalue weighted by Crippen LogP contribution is 2.31. The minimum absolute atomic E-state index is 0.735. The highest BCUT2D eigenvalue weighted by molar-refractivity contribution is 7.15. The Morgan fingerprint density at radius 1 is 1.32 bits per heavy atom. The third-order valence-electron chi connectivity index (χ3n) is 3.55. The van der Waals surface area contributed by atoms with Crippen molar-refractivity contribution >= 4 is 11.3 Å². The standard InChI is InChI=1S/C15H19N3S/c1-11-2-4-12(5-3-11)15-17-13-6-8-18(9-7-16)10-14(13)19-15/h2-5H,6-10,16H2,1H3. The average Bonchev–Trinajstić information content (AvgIpc) is 2.83. The van der Waals surface area contributed by atoms with Gasteiger partial charge in [-0.05, 0) is 6.92 Å². The number of benzene rings is 1. The second-order valence-corrected chi connectivity index (χ2v) is 6.15. The Morgan fingerprint density at radius 2 is 2.11 bits per heavy atom. The number of aromatic nitrogens is 1. The van der Waals surface area contributed by atoms with Gasteiger partial charge in [0.05, 0.1) is 5.69 Å². The van der Waals surface area contributed by atoms with Crippen LogP contribution in [0, 0.1) is 6.92 Å². The van der Waals surface area contributed by atoms with Crippen LogP contribution in [0.5, 0.6) is 0 Å². The fourth-order valence-corrected chi connectivity index (χ4v) is 3.60. The third-order valence-corrected chi connectivity index (χ3v) is 4.69. The van der Waals surface area contributed by atoms with Gasteiger partial charge in [-0.2, -0.15) is 0 Å². The molecule has 0 aliphatic carbocycles. The summed E-state index contributed by atoms with van der Waals surface area (Å²) in [6.07, 6.45) is 1.05. The first-order chi connectivity index (χ1) is 9.26. The highest BCUT2D eigenvalue weighted by atomic mass is 32.1. The third kappa shape index (κ3) is 2.71. The largest absolute Gasteiger partial charge is 0.329 e. The van der Waals surface area contributed by atoms with Gasteiger partial charge in [-0.1, -0.05) is 29.8 Å². The number of fused-ring (bicyclic) bond motifs is 1. The van der Waals surface area contributed by atoms with Gasteiger partial charge < -0.3 is 5.73 Å². The van der Waals surface area contributed by atoms with E-state index in [2.05, 4.69) is 36.1 Å². The van der Waals surface area contributed by atoms with Crippen LogP contribution in [0.4, 0.5) is 0 Å². The van der Waals surface area contributed by atoms with Gasteiger partial charge in [0.1, 0.15) is 5.01 Å². The van der Waals surface area contributed by atoms with Crippen LogP contribution < -0.4 is 5.73 Å². The van der Waals surface area contributed by atoms with Crippen molar-refractivity contribution in [2.24, 2.45) is 5.73 Å². The lowest BCUT2D eigenvalue weighted by molar-refractivity contribution is 0.263. The van der Waals surface area contributed by atoms with Gasteiger partial charge >= 0.3 is 0 Å². The van der Waals surface area contributed by atoms with E-state index in [1.54, 1.807) is 0 Å². The summed E-state index contributed by atoms with van der Waals surface area (Å²) in [4.78, 5) is 8.63. The Kier molecular flexibility index (Phi) is 3.64. The zero-order valence-corrected chi connectivity index (χ0v) is 12.0. The molecule has 4 heteroatoms. The topological polar surface area (TPSA) is 42.2 Å². The Labute approximate surface area is 118 Å². The van der Waals surface area contributed by atoms with E-state index in [4.69, 9.17) is 10.7 Å². The van der Waals surface area contributed by atoms with Crippen LogP contribution >= 0.6 is 11.3 Å². The number of nitrogens with two attached hydrogens (primary N) is 1. The SMILES string of the molecule is Cc1ccc(-c2nc3c(s2)CN(CCN)CC3)cc1. The van der Waals surface area contributed by atoms with Crippen LogP contribution in [0.1, 0.15) is 16.1 Å². The van der Waals surface area contributed by atoms with Crippen LogP contribution in [-0.4, -0.2) is 29.5 Å². The van der Waals surface area contributed by atoms with Gasteiger partial charge in [0.2, 0.25) is 0 Å². The molecular formula is C15H19N3S. The number of hydrogen-bond acceptors (Lipinski definition) is 4. The van der Waals surface area contributed by atoms with Crippen LogP contribution in [0.3, 0.4) is 0 Å². The molecular weight excluding hydrogens is 254 g/mol. The van der Waals surface area contributed by atoms with Crippen molar-refractivity contribution in [3.8, 4) is 10.6 Å². The zero-order valence-electron chi connectivity index (χ0n) is 11.2. The summed E-state index contributed by atoms with van der Waals surface area (Å²) < 4.78 is 0. The predicted molar refractivity (Wildman–Crippen MR) is 80.3 cm³/mol. The Hall–Kier alpha value is -1.23. The predicted octanol–water partition coefficient (Wildman–Crippen LogP) is 2.44. The first-order valence-electron chi connectivity index (χ1n) is 6.74.